The molecule has 0 aromatic carbocycles. The third-order valence-electron chi connectivity index (χ3n) is 4.06. The fourth-order valence-corrected chi connectivity index (χ4v) is 3.59. The van der Waals surface area contributed by atoms with E-state index in [0.29, 0.717) is 12.5 Å². The lowest BCUT2D eigenvalue weighted by Crippen LogP contribution is -2.39. The van der Waals surface area contributed by atoms with Gasteiger partial charge in [-0.25, -0.2) is 14.7 Å². The maximum Gasteiger partial charge on any atom is 0.191 e. The summed E-state index contributed by atoms with van der Waals surface area (Å²) in [6.07, 6.45) is 6.51. The van der Waals surface area contributed by atoms with Gasteiger partial charge in [-0.15, -0.1) is 11.3 Å². The van der Waals surface area contributed by atoms with E-state index in [0.717, 1.165) is 36.9 Å². The van der Waals surface area contributed by atoms with Gasteiger partial charge < -0.3 is 10.6 Å². The number of nitrogens with one attached hydrogen (secondary N) is 2. The number of guanidine groups is 1. The second-order valence-corrected chi connectivity index (χ2v) is 7.47. The van der Waals surface area contributed by atoms with E-state index >= 15 is 0 Å². The topological polar surface area (TPSA) is 67.1 Å². The van der Waals surface area contributed by atoms with E-state index in [1.807, 2.05) is 35.7 Å². The molecule has 0 spiro atoms. The summed E-state index contributed by atoms with van der Waals surface area (Å²) in [5, 5.41) is 13.1. The number of hydrogen-bond acceptors (Lipinski definition) is 4. The Morgan fingerprint density at radius 3 is 2.93 bits per heavy atom. The van der Waals surface area contributed by atoms with Crippen molar-refractivity contribution in [1.29, 1.82) is 0 Å². The molecule has 6 nitrogen and oxygen atoms in total. The quantitative estimate of drug-likeness (QED) is 0.463. The van der Waals surface area contributed by atoms with Crippen LogP contribution in [0.15, 0.2) is 59.3 Å². The lowest BCUT2D eigenvalue weighted by atomic mass is 10.1. The van der Waals surface area contributed by atoms with Crippen LogP contribution in [0.3, 0.4) is 0 Å². The number of pyridine rings is 1. The second-order valence-electron chi connectivity index (χ2n) is 6.44. The molecule has 0 aliphatic rings. The van der Waals surface area contributed by atoms with Crippen molar-refractivity contribution in [1.82, 2.24) is 25.4 Å². The summed E-state index contributed by atoms with van der Waals surface area (Å²) in [5.41, 5.74) is 1.10. The average Bonchev–Trinajstić information content (AvgIpc) is 3.38. The van der Waals surface area contributed by atoms with Gasteiger partial charge in [-0.1, -0.05) is 13.0 Å². The van der Waals surface area contributed by atoms with E-state index in [9.17, 15) is 0 Å². The summed E-state index contributed by atoms with van der Waals surface area (Å²) in [6.45, 7) is 6.65. The molecule has 27 heavy (non-hydrogen) atoms. The minimum atomic E-state index is 0.542. The maximum absolute atomic E-state index is 4.71. The van der Waals surface area contributed by atoms with Crippen LogP contribution in [0.1, 0.15) is 24.3 Å². The third kappa shape index (κ3) is 5.92. The smallest absolute Gasteiger partial charge is 0.191 e. The van der Waals surface area contributed by atoms with Gasteiger partial charge in [0.25, 0.3) is 0 Å². The SMILES string of the molecule is CCNC(=NCc1ccnc(-n2cccn2)c1)NCC(C)Cc1cccs1. The molecule has 0 amide bonds. The van der Waals surface area contributed by atoms with Crippen LogP contribution in [0.2, 0.25) is 0 Å². The minimum absolute atomic E-state index is 0.542. The van der Waals surface area contributed by atoms with Crippen molar-refractivity contribution < 1.29 is 0 Å². The molecular formula is C20H26N6S. The highest BCUT2D eigenvalue weighted by atomic mass is 32.1. The zero-order valence-corrected chi connectivity index (χ0v) is 16.6. The van der Waals surface area contributed by atoms with Gasteiger partial charge in [0.15, 0.2) is 11.8 Å². The van der Waals surface area contributed by atoms with Gasteiger partial charge in [-0.05, 0) is 54.5 Å². The van der Waals surface area contributed by atoms with Gasteiger partial charge in [0.05, 0.1) is 6.54 Å². The molecule has 0 fully saturated rings. The molecule has 0 saturated heterocycles. The van der Waals surface area contributed by atoms with Gasteiger partial charge in [0.1, 0.15) is 0 Å². The molecule has 3 aromatic heterocycles. The molecule has 142 valence electrons. The fraction of sp³-hybridized carbons (Fsp3) is 0.350. The van der Waals surface area contributed by atoms with E-state index in [-0.39, 0.29) is 0 Å². The van der Waals surface area contributed by atoms with E-state index < -0.39 is 0 Å². The molecule has 1 unspecified atom stereocenters. The highest BCUT2D eigenvalue weighted by Gasteiger charge is 2.06. The summed E-state index contributed by atoms with van der Waals surface area (Å²) in [7, 11) is 0. The zero-order valence-electron chi connectivity index (χ0n) is 15.8. The first kappa shape index (κ1) is 19.1. The van der Waals surface area contributed by atoms with Crippen molar-refractivity contribution in [3.8, 4) is 5.82 Å². The molecular weight excluding hydrogens is 356 g/mol. The normalized spacial score (nSPS) is 12.7. The highest BCUT2D eigenvalue weighted by Crippen LogP contribution is 2.13. The Hall–Kier alpha value is -2.67. The van der Waals surface area contributed by atoms with Crippen LogP contribution in [0.4, 0.5) is 0 Å². The maximum atomic E-state index is 4.71. The lowest BCUT2D eigenvalue weighted by Gasteiger charge is -2.15. The monoisotopic (exact) mass is 382 g/mol. The Bertz CT molecular complexity index is 826. The van der Waals surface area contributed by atoms with E-state index in [2.05, 4.69) is 52.1 Å². The predicted octanol–water partition coefficient (Wildman–Crippen LogP) is 3.26. The van der Waals surface area contributed by atoms with E-state index in [4.69, 9.17) is 4.99 Å². The molecule has 7 heteroatoms. The van der Waals surface area contributed by atoms with Crippen LogP contribution >= 0.6 is 11.3 Å². The van der Waals surface area contributed by atoms with E-state index in [1.54, 1.807) is 17.1 Å². The lowest BCUT2D eigenvalue weighted by molar-refractivity contribution is 0.562. The predicted molar refractivity (Wildman–Crippen MR) is 111 cm³/mol. The van der Waals surface area contributed by atoms with Crippen LogP contribution in [0, 0.1) is 5.92 Å². The van der Waals surface area contributed by atoms with Crippen LogP contribution in [0.25, 0.3) is 5.82 Å². The number of hydrogen-bond donors (Lipinski definition) is 2. The Kier molecular flexibility index (Phi) is 6.98. The number of rotatable bonds is 8. The number of thiophene rings is 1. The zero-order chi connectivity index (χ0) is 18.9. The Morgan fingerprint density at radius 2 is 2.19 bits per heavy atom. The first-order chi connectivity index (χ1) is 13.2. The molecule has 0 aliphatic carbocycles. The fourth-order valence-electron chi connectivity index (χ4n) is 2.72. The number of nitrogens with zero attached hydrogens (tertiary/aromatic N) is 4. The molecule has 3 aromatic rings. The molecule has 0 saturated carbocycles. The molecule has 0 radical (unpaired) electrons. The molecule has 2 N–H and O–H groups in total. The van der Waals surface area contributed by atoms with Gasteiger partial charge in [-0.3, -0.25) is 0 Å². The van der Waals surface area contributed by atoms with Crippen molar-refractivity contribution >= 4 is 17.3 Å². The Labute approximate surface area is 164 Å². The van der Waals surface area contributed by atoms with Crippen LogP contribution in [0.5, 0.6) is 0 Å². The van der Waals surface area contributed by atoms with Crippen molar-refractivity contribution in [3.63, 3.8) is 0 Å². The van der Waals surface area contributed by atoms with Crippen LogP contribution < -0.4 is 10.6 Å². The van der Waals surface area contributed by atoms with Crippen LogP contribution in [-0.2, 0) is 13.0 Å². The van der Waals surface area contributed by atoms with Crippen molar-refractivity contribution in [3.05, 3.63) is 64.7 Å². The number of aliphatic imine (C=N–C) groups is 1. The van der Waals surface area contributed by atoms with Crippen molar-refractivity contribution in [2.75, 3.05) is 13.1 Å². The third-order valence-corrected chi connectivity index (χ3v) is 4.96. The largest absolute Gasteiger partial charge is 0.357 e. The summed E-state index contributed by atoms with van der Waals surface area (Å²) in [6, 6.07) is 10.2. The molecule has 1 atom stereocenters. The number of aromatic nitrogens is 3. The summed E-state index contributed by atoms with van der Waals surface area (Å²) in [4.78, 5) is 10.5. The Morgan fingerprint density at radius 1 is 1.26 bits per heavy atom. The molecule has 3 heterocycles. The van der Waals surface area contributed by atoms with Gasteiger partial charge in [-0.2, -0.15) is 5.10 Å². The van der Waals surface area contributed by atoms with Crippen molar-refractivity contribution in [2.45, 2.75) is 26.8 Å². The molecule has 0 aliphatic heterocycles. The van der Waals surface area contributed by atoms with Crippen LogP contribution in [-0.4, -0.2) is 33.8 Å². The second kappa shape index (κ2) is 9.87. The van der Waals surface area contributed by atoms with Gasteiger partial charge in [0.2, 0.25) is 0 Å². The first-order valence-electron chi connectivity index (χ1n) is 9.24. The van der Waals surface area contributed by atoms with Crippen molar-refractivity contribution in [2.24, 2.45) is 10.9 Å². The summed E-state index contributed by atoms with van der Waals surface area (Å²) < 4.78 is 1.75. The summed E-state index contributed by atoms with van der Waals surface area (Å²) in [5.74, 6) is 2.18. The molecule has 3 rings (SSSR count). The first-order valence-corrected chi connectivity index (χ1v) is 10.1. The van der Waals surface area contributed by atoms with E-state index in [1.165, 1.54) is 4.88 Å². The molecule has 0 bridgehead atoms. The van der Waals surface area contributed by atoms with Gasteiger partial charge >= 0.3 is 0 Å². The highest BCUT2D eigenvalue weighted by molar-refractivity contribution is 7.09. The Balaban J connectivity index is 1.57. The summed E-state index contributed by atoms with van der Waals surface area (Å²) >= 11 is 1.82. The minimum Gasteiger partial charge on any atom is -0.357 e. The van der Waals surface area contributed by atoms with Gasteiger partial charge in [0, 0.05) is 36.6 Å². The standard InChI is InChI=1S/C20H26N6S/c1-3-21-20(23-14-16(2)12-18-6-4-11-27-18)24-15-17-7-9-22-19(13-17)26-10-5-8-25-26/h4-11,13,16H,3,12,14-15H2,1-2H3,(H2,21,23,24). The average molecular weight is 383 g/mol.